The van der Waals surface area contributed by atoms with Crippen LogP contribution in [-0.4, -0.2) is 37.7 Å². The Bertz CT molecular complexity index is 1080. The molecule has 3 N–H and O–H groups in total. The van der Waals surface area contributed by atoms with Gasteiger partial charge in [0.2, 0.25) is 0 Å². The van der Waals surface area contributed by atoms with E-state index in [0.717, 1.165) is 5.56 Å². The van der Waals surface area contributed by atoms with Crippen molar-refractivity contribution in [3.63, 3.8) is 0 Å². The number of benzene rings is 3. The van der Waals surface area contributed by atoms with Crippen LogP contribution in [0.5, 0.6) is 23.0 Å². The minimum Gasteiger partial charge on any atom is -0.504 e. The smallest absolute Gasteiger partial charge is 0.262 e. The first kappa shape index (κ1) is 22.5. The van der Waals surface area contributed by atoms with E-state index in [4.69, 9.17) is 14.2 Å². The minimum absolute atomic E-state index is 0.0374. The number of amides is 2. The first-order valence-electron chi connectivity index (χ1n) is 9.79. The van der Waals surface area contributed by atoms with E-state index in [0.29, 0.717) is 28.5 Å². The fourth-order valence-corrected chi connectivity index (χ4v) is 2.87. The summed E-state index contributed by atoms with van der Waals surface area (Å²) in [7, 11) is 3.02. The largest absolute Gasteiger partial charge is 0.504 e. The lowest BCUT2D eigenvalue weighted by molar-refractivity contribution is -0.118. The van der Waals surface area contributed by atoms with E-state index in [-0.39, 0.29) is 30.7 Å². The molecule has 0 fully saturated rings. The first-order valence-corrected chi connectivity index (χ1v) is 9.79. The molecule has 0 unspecified atom stereocenters. The molecular formula is C24H24N2O6. The second-order valence-corrected chi connectivity index (χ2v) is 6.78. The van der Waals surface area contributed by atoms with Gasteiger partial charge in [-0.05, 0) is 54.1 Å². The molecule has 3 aromatic carbocycles. The summed E-state index contributed by atoms with van der Waals surface area (Å²) in [6.07, 6.45) is 0. The normalized spacial score (nSPS) is 10.2. The van der Waals surface area contributed by atoms with Gasteiger partial charge in [0.15, 0.2) is 18.1 Å². The van der Waals surface area contributed by atoms with Gasteiger partial charge in [-0.1, -0.05) is 12.1 Å². The Hall–Kier alpha value is -4.20. The van der Waals surface area contributed by atoms with Gasteiger partial charge >= 0.3 is 0 Å². The molecule has 8 nitrogen and oxygen atoms in total. The summed E-state index contributed by atoms with van der Waals surface area (Å²) in [5.74, 6) is 0.903. The van der Waals surface area contributed by atoms with Crippen molar-refractivity contribution in [1.82, 2.24) is 5.32 Å². The zero-order chi connectivity index (χ0) is 22.9. The number of nitrogens with one attached hydrogen (secondary N) is 2. The summed E-state index contributed by atoms with van der Waals surface area (Å²) in [5, 5.41) is 15.2. The van der Waals surface area contributed by atoms with Crippen LogP contribution in [0.25, 0.3) is 0 Å². The number of rotatable bonds is 9. The third-order valence-corrected chi connectivity index (χ3v) is 4.54. The number of carbonyl (C=O) groups is 2. The zero-order valence-electron chi connectivity index (χ0n) is 17.8. The van der Waals surface area contributed by atoms with E-state index in [1.807, 2.05) is 0 Å². The molecule has 0 saturated carbocycles. The number of ether oxygens (including phenoxy) is 3. The van der Waals surface area contributed by atoms with Crippen LogP contribution in [0.3, 0.4) is 0 Å². The predicted octanol–water partition coefficient (Wildman–Crippen LogP) is 3.36. The van der Waals surface area contributed by atoms with Gasteiger partial charge in [0.1, 0.15) is 11.5 Å². The van der Waals surface area contributed by atoms with E-state index in [2.05, 4.69) is 10.6 Å². The molecule has 8 heteroatoms. The monoisotopic (exact) mass is 436 g/mol. The number of carbonyl (C=O) groups excluding carboxylic acids is 2. The van der Waals surface area contributed by atoms with Crippen molar-refractivity contribution in [3.8, 4) is 23.0 Å². The standard InChI is InChI=1S/C24H24N2O6/c1-30-20-5-3-4-18(13-20)26-23(28)15-32-19-9-7-17(8-10-19)24(29)25-14-16-6-11-21(27)22(12-16)31-2/h3-13,27H,14-15H2,1-2H3,(H,25,29)(H,26,28). The molecule has 0 aromatic heterocycles. The Labute approximate surface area is 185 Å². The Morgan fingerprint density at radius 2 is 1.69 bits per heavy atom. The quantitative estimate of drug-likeness (QED) is 0.475. The second-order valence-electron chi connectivity index (χ2n) is 6.78. The molecule has 0 spiro atoms. The van der Waals surface area contributed by atoms with Gasteiger partial charge in [-0.15, -0.1) is 0 Å². The van der Waals surface area contributed by atoms with Crippen LogP contribution in [0.2, 0.25) is 0 Å². The lowest BCUT2D eigenvalue weighted by Gasteiger charge is -2.10. The molecule has 0 heterocycles. The van der Waals surface area contributed by atoms with Crippen molar-refractivity contribution < 1.29 is 28.9 Å². The highest BCUT2D eigenvalue weighted by Crippen LogP contribution is 2.26. The van der Waals surface area contributed by atoms with Crippen molar-refractivity contribution >= 4 is 17.5 Å². The van der Waals surface area contributed by atoms with Gasteiger partial charge in [0.25, 0.3) is 11.8 Å². The Morgan fingerprint density at radius 1 is 0.906 bits per heavy atom. The number of hydrogen-bond acceptors (Lipinski definition) is 6. The van der Waals surface area contributed by atoms with Gasteiger partial charge in [-0.25, -0.2) is 0 Å². The van der Waals surface area contributed by atoms with Crippen molar-refractivity contribution in [2.45, 2.75) is 6.54 Å². The molecule has 0 atom stereocenters. The molecule has 0 saturated heterocycles. The number of hydrogen-bond donors (Lipinski definition) is 3. The zero-order valence-corrected chi connectivity index (χ0v) is 17.8. The van der Waals surface area contributed by atoms with Crippen LogP contribution in [0.1, 0.15) is 15.9 Å². The second kappa shape index (κ2) is 10.7. The summed E-state index contributed by atoms with van der Waals surface area (Å²) in [4.78, 5) is 24.4. The fraction of sp³-hybridized carbons (Fsp3) is 0.167. The van der Waals surface area contributed by atoms with Crippen molar-refractivity contribution in [3.05, 3.63) is 77.9 Å². The van der Waals surface area contributed by atoms with Crippen molar-refractivity contribution in [2.75, 3.05) is 26.1 Å². The molecule has 0 radical (unpaired) electrons. The maximum Gasteiger partial charge on any atom is 0.262 e. The maximum atomic E-state index is 12.4. The van der Waals surface area contributed by atoms with Crippen LogP contribution in [-0.2, 0) is 11.3 Å². The number of phenolic OH excluding ortho intramolecular Hbond substituents is 1. The van der Waals surface area contributed by atoms with Gasteiger partial charge in [-0.2, -0.15) is 0 Å². The molecule has 0 aliphatic heterocycles. The average Bonchev–Trinajstić information content (AvgIpc) is 2.82. The van der Waals surface area contributed by atoms with E-state index in [9.17, 15) is 14.7 Å². The highest BCUT2D eigenvalue weighted by molar-refractivity contribution is 5.94. The van der Waals surface area contributed by atoms with Crippen LogP contribution >= 0.6 is 0 Å². The molecule has 0 aliphatic carbocycles. The molecule has 2 amide bonds. The van der Waals surface area contributed by atoms with E-state index in [1.165, 1.54) is 13.2 Å². The number of aromatic hydroxyl groups is 1. The Balaban J connectivity index is 1.48. The molecule has 32 heavy (non-hydrogen) atoms. The average molecular weight is 436 g/mol. The lowest BCUT2D eigenvalue weighted by Crippen LogP contribution is -2.23. The molecule has 0 bridgehead atoms. The summed E-state index contributed by atoms with van der Waals surface area (Å²) in [5.41, 5.74) is 1.84. The summed E-state index contributed by atoms with van der Waals surface area (Å²) < 4.78 is 15.7. The molecule has 3 rings (SSSR count). The van der Waals surface area contributed by atoms with Gasteiger partial charge in [-0.3, -0.25) is 9.59 Å². The van der Waals surface area contributed by atoms with Crippen LogP contribution < -0.4 is 24.8 Å². The van der Waals surface area contributed by atoms with Gasteiger partial charge < -0.3 is 30.0 Å². The molecule has 3 aromatic rings. The third kappa shape index (κ3) is 6.15. The maximum absolute atomic E-state index is 12.4. The highest BCUT2D eigenvalue weighted by Gasteiger charge is 2.09. The summed E-state index contributed by atoms with van der Waals surface area (Å²) in [6.45, 7) is 0.101. The van der Waals surface area contributed by atoms with Crippen LogP contribution in [0.4, 0.5) is 5.69 Å². The van der Waals surface area contributed by atoms with E-state index >= 15 is 0 Å². The Kier molecular flexibility index (Phi) is 7.53. The number of phenols is 1. The van der Waals surface area contributed by atoms with Crippen LogP contribution in [0, 0.1) is 0 Å². The SMILES string of the molecule is COc1cccc(NC(=O)COc2ccc(C(=O)NCc3ccc(O)c(OC)c3)cc2)c1. The third-order valence-electron chi connectivity index (χ3n) is 4.54. The molecule has 166 valence electrons. The minimum atomic E-state index is -0.315. The number of anilines is 1. The fourth-order valence-electron chi connectivity index (χ4n) is 2.87. The lowest BCUT2D eigenvalue weighted by atomic mass is 10.1. The topological polar surface area (TPSA) is 106 Å². The molecule has 0 aliphatic rings. The van der Waals surface area contributed by atoms with Crippen molar-refractivity contribution in [2.24, 2.45) is 0 Å². The first-order chi connectivity index (χ1) is 15.5. The number of methoxy groups -OCH3 is 2. The molecular weight excluding hydrogens is 412 g/mol. The van der Waals surface area contributed by atoms with Crippen molar-refractivity contribution in [1.29, 1.82) is 0 Å². The predicted molar refractivity (Wildman–Crippen MR) is 119 cm³/mol. The summed E-state index contributed by atoms with van der Waals surface area (Å²) in [6, 6.07) is 18.4. The van der Waals surface area contributed by atoms with Crippen LogP contribution in [0.15, 0.2) is 66.7 Å². The van der Waals surface area contributed by atoms with E-state index in [1.54, 1.807) is 67.8 Å². The van der Waals surface area contributed by atoms with Gasteiger partial charge in [0.05, 0.1) is 14.2 Å². The highest BCUT2D eigenvalue weighted by atomic mass is 16.5. The van der Waals surface area contributed by atoms with E-state index < -0.39 is 0 Å². The Morgan fingerprint density at radius 3 is 2.41 bits per heavy atom. The van der Waals surface area contributed by atoms with Gasteiger partial charge in [0, 0.05) is 23.9 Å². The summed E-state index contributed by atoms with van der Waals surface area (Å²) >= 11 is 0.